The molecule has 2 rings (SSSR count). The van der Waals surface area contributed by atoms with E-state index in [-0.39, 0.29) is 5.56 Å². The van der Waals surface area contributed by atoms with Crippen molar-refractivity contribution in [1.82, 2.24) is 14.9 Å². The highest BCUT2D eigenvalue weighted by Crippen LogP contribution is 2.16. The molecule has 3 N–H and O–H groups in total. The van der Waals surface area contributed by atoms with Gasteiger partial charge >= 0.3 is 0 Å². The summed E-state index contributed by atoms with van der Waals surface area (Å²) >= 11 is 2.05. The summed E-state index contributed by atoms with van der Waals surface area (Å²) in [6, 6.07) is 0. The summed E-state index contributed by atoms with van der Waals surface area (Å²) in [5.74, 6) is 0.793. The maximum atomic E-state index is 11.5. The Morgan fingerprint density at radius 1 is 1.41 bits per heavy atom. The van der Waals surface area contributed by atoms with Crippen molar-refractivity contribution in [3.05, 3.63) is 20.3 Å². The van der Waals surface area contributed by atoms with E-state index in [9.17, 15) is 4.79 Å². The van der Waals surface area contributed by atoms with E-state index in [1.54, 1.807) is 0 Å². The lowest BCUT2D eigenvalue weighted by atomic mass is 10.3. The van der Waals surface area contributed by atoms with Crippen LogP contribution in [0.4, 0.5) is 5.82 Å². The lowest BCUT2D eigenvalue weighted by Crippen LogP contribution is -2.48. The Bertz CT molecular complexity index is 427. The maximum Gasteiger partial charge on any atom is 0.266 e. The Balaban J connectivity index is 2.05. The van der Waals surface area contributed by atoms with Crippen LogP contribution in [-0.4, -0.2) is 54.1 Å². The number of rotatable bonds is 3. The Morgan fingerprint density at radius 2 is 2.12 bits per heavy atom. The van der Waals surface area contributed by atoms with Crippen LogP contribution in [0.5, 0.6) is 0 Å². The predicted octanol–water partition coefficient (Wildman–Crippen LogP) is -0.545. The van der Waals surface area contributed by atoms with Crippen molar-refractivity contribution < 1.29 is 0 Å². The number of H-pyrrole nitrogens is 1. The average molecular weight is 349 g/mol. The van der Waals surface area contributed by atoms with Crippen LogP contribution in [0.3, 0.4) is 0 Å². The number of piperazine rings is 1. The molecular weight excluding hydrogens is 333 g/mol. The lowest BCUT2D eigenvalue weighted by Gasteiger charge is -2.35. The van der Waals surface area contributed by atoms with E-state index < -0.39 is 0 Å². The molecule has 0 aliphatic carbocycles. The van der Waals surface area contributed by atoms with Crippen LogP contribution in [-0.2, 0) is 0 Å². The third kappa shape index (κ3) is 2.96. The second kappa shape index (κ2) is 5.78. The van der Waals surface area contributed by atoms with Crippen molar-refractivity contribution in [2.75, 3.05) is 44.2 Å². The number of nitrogens with two attached hydrogens (primary N) is 1. The topological polar surface area (TPSA) is 78.2 Å². The van der Waals surface area contributed by atoms with Crippen LogP contribution in [0.15, 0.2) is 11.1 Å². The van der Waals surface area contributed by atoms with Gasteiger partial charge in [0.25, 0.3) is 5.56 Å². The lowest BCUT2D eigenvalue weighted by molar-refractivity contribution is 0.264. The zero-order valence-electron chi connectivity index (χ0n) is 9.53. The highest BCUT2D eigenvalue weighted by molar-refractivity contribution is 14.1. The van der Waals surface area contributed by atoms with Crippen molar-refractivity contribution in [3.8, 4) is 0 Å². The number of nitrogens with one attached hydrogen (secondary N) is 1. The molecule has 7 heteroatoms. The van der Waals surface area contributed by atoms with Gasteiger partial charge in [-0.15, -0.1) is 0 Å². The molecule has 1 aliphatic heterocycles. The molecule has 1 aromatic rings. The number of hydrogen-bond donors (Lipinski definition) is 2. The van der Waals surface area contributed by atoms with Gasteiger partial charge in [-0.2, -0.15) is 0 Å². The van der Waals surface area contributed by atoms with Gasteiger partial charge in [-0.05, 0) is 22.6 Å². The van der Waals surface area contributed by atoms with Gasteiger partial charge in [0.05, 0.1) is 6.33 Å². The van der Waals surface area contributed by atoms with Crippen LogP contribution < -0.4 is 16.2 Å². The molecule has 0 unspecified atom stereocenters. The monoisotopic (exact) mass is 349 g/mol. The second-order valence-corrected chi connectivity index (χ2v) is 5.07. The Hall–Kier alpha value is -0.670. The molecule has 6 nitrogen and oxygen atoms in total. The summed E-state index contributed by atoms with van der Waals surface area (Å²) in [6.07, 6.45) is 1.46. The summed E-state index contributed by atoms with van der Waals surface area (Å²) < 4.78 is 0.664. The molecule has 0 amide bonds. The Labute approximate surface area is 113 Å². The van der Waals surface area contributed by atoms with Crippen LogP contribution in [0.25, 0.3) is 0 Å². The van der Waals surface area contributed by atoms with Gasteiger partial charge in [0, 0.05) is 39.3 Å². The number of halogens is 1. The van der Waals surface area contributed by atoms with Gasteiger partial charge in [0.2, 0.25) is 0 Å². The number of aromatic nitrogens is 2. The van der Waals surface area contributed by atoms with Gasteiger partial charge < -0.3 is 15.6 Å². The van der Waals surface area contributed by atoms with Gasteiger partial charge in [0.1, 0.15) is 9.39 Å². The minimum absolute atomic E-state index is 0.0695. The number of anilines is 1. The summed E-state index contributed by atoms with van der Waals surface area (Å²) in [7, 11) is 0. The van der Waals surface area contributed by atoms with Gasteiger partial charge in [-0.25, -0.2) is 4.98 Å². The van der Waals surface area contributed by atoms with Crippen LogP contribution in [0, 0.1) is 3.57 Å². The Kier molecular flexibility index (Phi) is 4.35. The van der Waals surface area contributed by atoms with E-state index in [0.29, 0.717) is 10.1 Å². The molecule has 17 heavy (non-hydrogen) atoms. The van der Waals surface area contributed by atoms with Crippen molar-refractivity contribution in [1.29, 1.82) is 0 Å². The van der Waals surface area contributed by atoms with E-state index in [2.05, 4.69) is 19.8 Å². The average Bonchev–Trinajstić information content (AvgIpc) is 2.34. The molecular formula is C10H16IN5O. The fourth-order valence-corrected chi connectivity index (χ4v) is 2.60. The van der Waals surface area contributed by atoms with E-state index in [4.69, 9.17) is 5.73 Å². The Morgan fingerprint density at radius 3 is 2.76 bits per heavy atom. The molecule has 1 aliphatic rings. The molecule has 1 fully saturated rings. The molecule has 1 aromatic heterocycles. The van der Waals surface area contributed by atoms with Crippen molar-refractivity contribution >= 4 is 28.4 Å². The third-order valence-corrected chi connectivity index (χ3v) is 3.87. The molecule has 0 atom stereocenters. The maximum absolute atomic E-state index is 11.5. The van der Waals surface area contributed by atoms with E-state index >= 15 is 0 Å². The van der Waals surface area contributed by atoms with Crippen molar-refractivity contribution in [3.63, 3.8) is 0 Å². The SMILES string of the molecule is NCCN1CCN(c2nc[nH]c(=O)c2I)CC1. The smallest absolute Gasteiger partial charge is 0.266 e. The minimum Gasteiger partial charge on any atom is -0.353 e. The standard InChI is InChI=1S/C10H16IN5O/c11-8-9(13-7-14-10(8)17)16-5-3-15(2-1-12)4-6-16/h7H,1-6,12H2,(H,13,14,17). The highest BCUT2D eigenvalue weighted by Gasteiger charge is 2.19. The second-order valence-electron chi connectivity index (χ2n) is 3.99. The number of nitrogens with zero attached hydrogens (tertiary/aromatic N) is 3. The van der Waals surface area contributed by atoms with Crippen LogP contribution in [0.2, 0.25) is 0 Å². The fourth-order valence-electron chi connectivity index (χ4n) is 1.96. The summed E-state index contributed by atoms with van der Waals surface area (Å²) in [4.78, 5) is 22.8. The van der Waals surface area contributed by atoms with Gasteiger partial charge in [-0.1, -0.05) is 0 Å². The first-order valence-corrected chi connectivity index (χ1v) is 6.71. The normalized spacial score (nSPS) is 17.4. The summed E-state index contributed by atoms with van der Waals surface area (Å²) in [5, 5.41) is 0. The first kappa shape index (κ1) is 12.8. The molecule has 0 saturated carbocycles. The van der Waals surface area contributed by atoms with E-state index in [1.165, 1.54) is 6.33 Å². The molecule has 94 valence electrons. The number of aromatic amines is 1. The summed E-state index contributed by atoms with van der Waals surface area (Å²) in [6.45, 7) is 5.37. The van der Waals surface area contributed by atoms with Crippen LogP contribution in [0.1, 0.15) is 0 Å². The minimum atomic E-state index is -0.0695. The van der Waals surface area contributed by atoms with Crippen molar-refractivity contribution in [2.24, 2.45) is 5.73 Å². The summed E-state index contributed by atoms with van der Waals surface area (Å²) in [5.41, 5.74) is 5.47. The fraction of sp³-hybridized carbons (Fsp3) is 0.600. The zero-order chi connectivity index (χ0) is 12.3. The predicted molar refractivity (Wildman–Crippen MR) is 75.3 cm³/mol. The largest absolute Gasteiger partial charge is 0.353 e. The molecule has 1 saturated heterocycles. The molecule has 0 bridgehead atoms. The highest BCUT2D eigenvalue weighted by atomic mass is 127. The first-order valence-electron chi connectivity index (χ1n) is 5.63. The molecule has 0 aromatic carbocycles. The first-order chi connectivity index (χ1) is 8.22. The van der Waals surface area contributed by atoms with Gasteiger partial charge in [0.15, 0.2) is 0 Å². The van der Waals surface area contributed by atoms with E-state index in [0.717, 1.165) is 38.5 Å². The zero-order valence-corrected chi connectivity index (χ0v) is 11.7. The molecule has 0 spiro atoms. The van der Waals surface area contributed by atoms with Crippen LogP contribution >= 0.6 is 22.6 Å². The third-order valence-electron chi connectivity index (χ3n) is 2.90. The van der Waals surface area contributed by atoms with E-state index in [1.807, 2.05) is 22.6 Å². The number of hydrogen-bond acceptors (Lipinski definition) is 5. The molecule has 2 heterocycles. The van der Waals surface area contributed by atoms with Crippen molar-refractivity contribution in [2.45, 2.75) is 0 Å². The molecule has 0 radical (unpaired) electrons. The quantitative estimate of drug-likeness (QED) is 0.717. The van der Waals surface area contributed by atoms with Gasteiger partial charge in [-0.3, -0.25) is 9.69 Å².